The van der Waals surface area contributed by atoms with Crippen molar-refractivity contribution in [3.8, 4) is 0 Å². The van der Waals surface area contributed by atoms with Gasteiger partial charge in [0.05, 0.1) is 5.25 Å². The molecule has 0 aromatic carbocycles. The highest BCUT2D eigenvalue weighted by Gasteiger charge is 2.60. The Balaban J connectivity index is 2.16. The second kappa shape index (κ2) is 6.25. The molecule has 1 aliphatic heterocycles. The topological polar surface area (TPSA) is 77.9 Å². The molecule has 6 nitrogen and oxygen atoms in total. The zero-order valence-electron chi connectivity index (χ0n) is 13.5. The van der Waals surface area contributed by atoms with Crippen LogP contribution in [0.15, 0.2) is 0 Å². The normalized spacial score (nSPS) is 25.8. The predicted octanol–water partition coefficient (Wildman–Crippen LogP) is 0.809. The van der Waals surface area contributed by atoms with Gasteiger partial charge in [0.25, 0.3) is 5.91 Å². The Labute approximate surface area is 135 Å². The van der Waals surface area contributed by atoms with Crippen LogP contribution in [0.5, 0.6) is 0 Å². The van der Waals surface area contributed by atoms with Gasteiger partial charge in [0.1, 0.15) is 5.60 Å². The number of nitrogens with zero attached hydrogens (tertiary/aromatic N) is 2. The maximum atomic E-state index is 14.5. The number of sulfonamides is 1. The number of likely N-dealkylation sites (tertiary alicyclic amines) is 1. The largest absolute Gasteiger partial charge is 0.383 e. The van der Waals surface area contributed by atoms with Crippen LogP contribution in [0, 0.1) is 0 Å². The third-order valence-electron chi connectivity index (χ3n) is 4.88. The summed E-state index contributed by atoms with van der Waals surface area (Å²) in [6.07, 6.45) is 1.37. The number of piperidine rings is 1. The molecule has 1 unspecified atom stereocenters. The number of carbonyl (C=O) groups is 1. The molecule has 134 valence electrons. The van der Waals surface area contributed by atoms with Gasteiger partial charge in [-0.2, -0.15) is 8.78 Å². The molecule has 2 aliphatic rings. The van der Waals surface area contributed by atoms with Gasteiger partial charge < -0.3 is 10.0 Å². The minimum absolute atomic E-state index is 0.0873. The van der Waals surface area contributed by atoms with Crippen LogP contribution in [0.4, 0.5) is 8.78 Å². The summed E-state index contributed by atoms with van der Waals surface area (Å²) in [7, 11) is -0.852. The number of hydrogen-bond acceptors (Lipinski definition) is 4. The Bertz CT molecular complexity index is 559. The molecule has 1 saturated carbocycles. The van der Waals surface area contributed by atoms with Crippen molar-refractivity contribution >= 4 is 15.9 Å². The van der Waals surface area contributed by atoms with Gasteiger partial charge >= 0.3 is 5.92 Å². The van der Waals surface area contributed by atoms with Crippen LogP contribution in [-0.4, -0.2) is 72.6 Å². The molecule has 0 aromatic rings. The van der Waals surface area contributed by atoms with Crippen molar-refractivity contribution in [1.82, 2.24) is 9.21 Å². The second-order valence-electron chi connectivity index (χ2n) is 6.66. The smallest absolute Gasteiger partial charge is 0.352 e. The molecule has 1 aliphatic carbocycles. The third-order valence-corrected chi connectivity index (χ3v) is 7.12. The van der Waals surface area contributed by atoms with Crippen molar-refractivity contribution in [3.05, 3.63) is 0 Å². The lowest BCUT2D eigenvalue weighted by Gasteiger charge is -2.38. The van der Waals surface area contributed by atoms with E-state index in [0.717, 1.165) is 9.21 Å². The van der Waals surface area contributed by atoms with E-state index in [9.17, 15) is 27.1 Å². The first-order valence-electron chi connectivity index (χ1n) is 7.83. The number of carbonyl (C=O) groups excluding carboxylic acids is 1. The predicted molar refractivity (Wildman–Crippen MR) is 80.6 cm³/mol. The quantitative estimate of drug-likeness (QED) is 0.810. The van der Waals surface area contributed by atoms with Gasteiger partial charge in [0.2, 0.25) is 10.0 Å². The molecule has 1 amide bonds. The van der Waals surface area contributed by atoms with E-state index in [1.807, 2.05) is 0 Å². The Hall–Kier alpha value is -0.800. The van der Waals surface area contributed by atoms with E-state index in [2.05, 4.69) is 0 Å². The number of aliphatic hydroxyl groups is 1. The third kappa shape index (κ3) is 3.23. The van der Waals surface area contributed by atoms with E-state index in [1.54, 1.807) is 0 Å². The fourth-order valence-electron chi connectivity index (χ4n) is 3.34. The maximum absolute atomic E-state index is 14.5. The lowest BCUT2D eigenvalue weighted by atomic mass is 9.92. The summed E-state index contributed by atoms with van der Waals surface area (Å²) in [5.74, 6) is -5.34. The molecule has 1 saturated heterocycles. The highest BCUT2D eigenvalue weighted by atomic mass is 32.2. The summed E-state index contributed by atoms with van der Waals surface area (Å²) in [6.45, 7) is -0.172. The minimum Gasteiger partial charge on any atom is -0.383 e. The van der Waals surface area contributed by atoms with Gasteiger partial charge in [0, 0.05) is 27.2 Å². The van der Waals surface area contributed by atoms with Crippen molar-refractivity contribution in [1.29, 1.82) is 0 Å². The Morgan fingerprint density at radius 3 is 2.35 bits per heavy atom. The SMILES string of the molecule is CN(C)S(=O)(=O)C1CCCN(C(=O)C(F)(F)C2(O)CCCC2)C1. The van der Waals surface area contributed by atoms with Crippen LogP contribution >= 0.6 is 0 Å². The number of hydrogen-bond donors (Lipinski definition) is 1. The van der Waals surface area contributed by atoms with Gasteiger partial charge in [-0.3, -0.25) is 4.79 Å². The Morgan fingerprint density at radius 2 is 1.83 bits per heavy atom. The summed E-state index contributed by atoms with van der Waals surface area (Å²) < 4.78 is 54.3. The number of alkyl halides is 2. The van der Waals surface area contributed by atoms with E-state index >= 15 is 0 Å². The van der Waals surface area contributed by atoms with E-state index in [4.69, 9.17) is 0 Å². The highest BCUT2D eigenvalue weighted by Crippen LogP contribution is 2.43. The van der Waals surface area contributed by atoms with Crippen LogP contribution in [0.1, 0.15) is 38.5 Å². The average Bonchev–Trinajstić information content (AvgIpc) is 2.95. The Kier molecular flexibility index (Phi) is 5.04. The number of halogens is 2. The first-order chi connectivity index (χ1) is 10.5. The fraction of sp³-hybridized carbons (Fsp3) is 0.929. The molecule has 23 heavy (non-hydrogen) atoms. The molecule has 2 rings (SSSR count). The second-order valence-corrected chi connectivity index (χ2v) is 9.08. The highest BCUT2D eigenvalue weighted by molar-refractivity contribution is 7.89. The van der Waals surface area contributed by atoms with Crippen LogP contribution in [0.25, 0.3) is 0 Å². The number of rotatable bonds is 4. The van der Waals surface area contributed by atoms with E-state index < -0.39 is 32.7 Å². The average molecular weight is 354 g/mol. The molecule has 1 N–H and O–H groups in total. The van der Waals surface area contributed by atoms with E-state index in [0.29, 0.717) is 25.7 Å². The van der Waals surface area contributed by atoms with Gasteiger partial charge in [-0.05, 0) is 25.7 Å². The van der Waals surface area contributed by atoms with Crippen LogP contribution < -0.4 is 0 Å². The first kappa shape index (κ1) is 18.5. The maximum Gasteiger partial charge on any atom is 0.352 e. The zero-order chi connectivity index (χ0) is 17.5. The summed E-state index contributed by atoms with van der Waals surface area (Å²) in [6, 6.07) is 0. The lowest BCUT2D eigenvalue weighted by molar-refractivity contribution is -0.201. The molecule has 0 spiro atoms. The molecule has 1 heterocycles. The molecule has 9 heteroatoms. The molecule has 0 bridgehead atoms. The summed E-state index contributed by atoms with van der Waals surface area (Å²) in [4.78, 5) is 13.2. The molecule has 1 atom stereocenters. The van der Waals surface area contributed by atoms with Gasteiger partial charge in [0.15, 0.2) is 0 Å². The summed E-state index contributed by atoms with van der Waals surface area (Å²) in [5, 5.41) is 9.23. The number of amides is 1. The minimum atomic E-state index is -3.88. The van der Waals surface area contributed by atoms with Crippen molar-refractivity contribution in [2.75, 3.05) is 27.2 Å². The van der Waals surface area contributed by atoms with E-state index in [-0.39, 0.29) is 25.9 Å². The molecular weight excluding hydrogens is 330 g/mol. The zero-order valence-corrected chi connectivity index (χ0v) is 14.3. The Morgan fingerprint density at radius 1 is 1.26 bits per heavy atom. The van der Waals surface area contributed by atoms with Crippen LogP contribution in [-0.2, 0) is 14.8 Å². The molecular formula is C14H24F2N2O4S. The van der Waals surface area contributed by atoms with Crippen LogP contribution in [0.3, 0.4) is 0 Å². The van der Waals surface area contributed by atoms with Gasteiger partial charge in [-0.15, -0.1) is 0 Å². The van der Waals surface area contributed by atoms with Crippen molar-refractivity contribution in [2.45, 2.75) is 55.3 Å². The van der Waals surface area contributed by atoms with Crippen molar-refractivity contribution in [3.63, 3.8) is 0 Å². The first-order valence-corrected chi connectivity index (χ1v) is 9.33. The van der Waals surface area contributed by atoms with Gasteiger partial charge in [-0.25, -0.2) is 12.7 Å². The molecule has 0 radical (unpaired) electrons. The van der Waals surface area contributed by atoms with Crippen molar-refractivity contribution < 1.29 is 27.1 Å². The van der Waals surface area contributed by atoms with Crippen LogP contribution in [0.2, 0.25) is 0 Å². The standard InChI is InChI=1S/C14H24F2N2O4S/c1-17(2)23(21,22)11-6-5-9-18(10-11)12(19)14(15,16)13(20)7-3-4-8-13/h11,20H,3-10H2,1-2H3. The molecule has 0 aromatic heterocycles. The van der Waals surface area contributed by atoms with Crippen molar-refractivity contribution in [2.24, 2.45) is 0 Å². The molecule has 2 fully saturated rings. The fourth-order valence-corrected chi connectivity index (χ4v) is 4.76. The monoisotopic (exact) mass is 354 g/mol. The summed E-state index contributed by atoms with van der Waals surface area (Å²) >= 11 is 0. The summed E-state index contributed by atoms with van der Waals surface area (Å²) in [5.41, 5.74) is -2.31. The van der Waals surface area contributed by atoms with Gasteiger partial charge in [-0.1, -0.05) is 12.8 Å². The van der Waals surface area contributed by atoms with E-state index in [1.165, 1.54) is 14.1 Å². The lowest BCUT2D eigenvalue weighted by Crippen LogP contribution is -2.59.